The number of hydrogen-bond donors (Lipinski definition) is 1. The number of piperazine rings is 1. The Labute approximate surface area is 119 Å². The Balaban J connectivity index is 2.20. The monoisotopic (exact) mass is 318 g/mol. The van der Waals surface area contributed by atoms with E-state index < -0.39 is 19.9 Å². The molecule has 0 atom stereocenters. The van der Waals surface area contributed by atoms with Crippen molar-refractivity contribution in [3.8, 4) is 0 Å². The summed E-state index contributed by atoms with van der Waals surface area (Å²) in [5, 5.41) is 3.10. The van der Waals surface area contributed by atoms with Gasteiger partial charge in [-0.2, -0.15) is 4.31 Å². The zero-order chi connectivity index (χ0) is 14.8. The van der Waals surface area contributed by atoms with E-state index in [-0.39, 0.29) is 10.6 Å². The molecule has 0 saturated carbocycles. The first-order valence-electron chi connectivity index (χ1n) is 6.26. The Morgan fingerprint density at radius 1 is 1.05 bits per heavy atom. The minimum absolute atomic E-state index is 0.0824. The molecule has 1 heterocycles. The number of benzene rings is 1. The number of rotatable bonds is 4. The minimum atomic E-state index is -3.48. The van der Waals surface area contributed by atoms with Crippen LogP contribution in [0.25, 0.3) is 0 Å². The summed E-state index contributed by atoms with van der Waals surface area (Å²) in [5.74, 6) is -0.0824. The minimum Gasteiger partial charge on any atom is -0.314 e. The average Bonchev–Trinajstić information content (AvgIpc) is 2.38. The highest BCUT2D eigenvalue weighted by Gasteiger charge is 2.25. The molecule has 20 heavy (non-hydrogen) atoms. The van der Waals surface area contributed by atoms with E-state index in [0.717, 1.165) is 6.26 Å². The highest BCUT2D eigenvalue weighted by Crippen LogP contribution is 2.17. The van der Waals surface area contributed by atoms with Gasteiger partial charge in [0.15, 0.2) is 9.84 Å². The van der Waals surface area contributed by atoms with Gasteiger partial charge in [0.2, 0.25) is 10.0 Å². The van der Waals surface area contributed by atoms with Gasteiger partial charge < -0.3 is 5.32 Å². The van der Waals surface area contributed by atoms with E-state index in [4.69, 9.17) is 0 Å². The van der Waals surface area contributed by atoms with E-state index in [0.29, 0.717) is 31.7 Å². The summed E-state index contributed by atoms with van der Waals surface area (Å²) in [5.41, 5.74) is 0.590. The van der Waals surface area contributed by atoms with Crippen LogP contribution in [-0.2, 0) is 25.6 Å². The smallest absolute Gasteiger partial charge is 0.243 e. The van der Waals surface area contributed by atoms with Crippen LogP contribution in [0.15, 0.2) is 29.2 Å². The third-order valence-electron chi connectivity index (χ3n) is 3.07. The van der Waals surface area contributed by atoms with Gasteiger partial charge in [-0.1, -0.05) is 12.1 Å². The Morgan fingerprint density at radius 3 is 2.10 bits per heavy atom. The van der Waals surface area contributed by atoms with E-state index in [1.165, 1.54) is 16.4 Å². The van der Waals surface area contributed by atoms with Crippen LogP contribution < -0.4 is 5.32 Å². The maximum absolute atomic E-state index is 12.4. The van der Waals surface area contributed by atoms with Crippen LogP contribution in [0, 0.1) is 0 Å². The molecular weight excluding hydrogens is 300 g/mol. The van der Waals surface area contributed by atoms with Crippen molar-refractivity contribution in [3.63, 3.8) is 0 Å². The quantitative estimate of drug-likeness (QED) is 0.833. The van der Waals surface area contributed by atoms with Crippen LogP contribution in [0.2, 0.25) is 0 Å². The molecule has 0 aliphatic carbocycles. The number of nitrogens with zero attached hydrogens (tertiary/aromatic N) is 1. The van der Waals surface area contributed by atoms with Crippen LogP contribution in [0.5, 0.6) is 0 Å². The number of nitrogens with one attached hydrogen (secondary N) is 1. The van der Waals surface area contributed by atoms with Gasteiger partial charge in [0, 0.05) is 32.4 Å². The average molecular weight is 318 g/mol. The predicted molar refractivity (Wildman–Crippen MR) is 76.6 cm³/mol. The van der Waals surface area contributed by atoms with Gasteiger partial charge in [-0.05, 0) is 17.7 Å². The Morgan fingerprint density at radius 2 is 1.60 bits per heavy atom. The fourth-order valence-electron chi connectivity index (χ4n) is 2.09. The summed E-state index contributed by atoms with van der Waals surface area (Å²) >= 11 is 0. The Hall–Kier alpha value is -0.960. The second-order valence-corrected chi connectivity index (χ2v) is 8.95. The normalized spacial score (nSPS) is 18.1. The van der Waals surface area contributed by atoms with Crippen molar-refractivity contribution in [2.45, 2.75) is 10.6 Å². The zero-order valence-corrected chi connectivity index (χ0v) is 12.9. The van der Waals surface area contributed by atoms with Crippen molar-refractivity contribution >= 4 is 19.9 Å². The van der Waals surface area contributed by atoms with Crippen molar-refractivity contribution in [2.24, 2.45) is 0 Å². The van der Waals surface area contributed by atoms with Crippen LogP contribution in [0.1, 0.15) is 5.56 Å². The molecule has 0 radical (unpaired) electrons. The highest BCUT2D eigenvalue weighted by molar-refractivity contribution is 7.90. The zero-order valence-electron chi connectivity index (χ0n) is 11.2. The molecule has 1 aromatic rings. The van der Waals surface area contributed by atoms with Gasteiger partial charge in [-0.15, -0.1) is 0 Å². The number of hydrogen-bond acceptors (Lipinski definition) is 5. The standard InChI is InChI=1S/C12H18N2O4S2/c1-19(15,16)10-11-2-4-12(5-3-11)20(17,18)14-8-6-13-7-9-14/h2-5,13H,6-10H2,1H3. The maximum Gasteiger partial charge on any atom is 0.243 e. The summed E-state index contributed by atoms with van der Waals surface area (Å²) in [6.45, 7) is 2.19. The van der Waals surface area contributed by atoms with Crippen LogP contribution >= 0.6 is 0 Å². The second-order valence-electron chi connectivity index (χ2n) is 4.87. The van der Waals surface area contributed by atoms with Crippen molar-refractivity contribution in [2.75, 3.05) is 32.4 Å². The van der Waals surface area contributed by atoms with Gasteiger partial charge in [-0.25, -0.2) is 16.8 Å². The van der Waals surface area contributed by atoms with Gasteiger partial charge in [0.05, 0.1) is 10.6 Å². The molecule has 1 aliphatic rings. The molecule has 1 aromatic carbocycles. The molecule has 8 heteroatoms. The van der Waals surface area contributed by atoms with Gasteiger partial charge >= 0.3 is 0 Å². The topological polar surface area (TPSA) is 83.5 Å². The molecule has 0 amide bonds. The predicted octanol–water partition coefficient (Wildman–Crippen LogP) is -0.175. The van der Waals surface area contributed by atoms with E-state index >= 15 is 0 Å². The van der Waals surface area contributed by atoms with Crippen molar-refractivity contribution in [1.82, 2.24) is 9.62 Å². The second kappa shape index (κ2) is 5.80. The Kier molecular flexibility index (Phi) is 4.48. The molecule has 112 valence electrons. The molecular formula is C12H18N2O4S2. The van der Waals surface area contributed by atoms with Crippen LogP contribution in [0.4, 0.5) is 0 Å². The van der Waals surface area contributed by atoms with Crippen LogP contribution in [0.3, 0.4) is 0 Å². The molecule has 6 nitrogen and oxygen atoms in total. The van der Waals surface area contributed by atoms with Crippen molar-refractivity contribution in [1.29, 1.82) is 0 Å². The lowest BCUT2D eigenvalue weighted by Gasteiger charge is -2.26. The van der Waals surface area contributed by atoms with E-state index in [2.05, 4.69) is 5.32 Å². The largest absolute Gasteiger partial charge is 0.314 e. The Bertz CT molecular complexity index is 660. The molecule has 2 rings (SSSR count). The summed E-state index contributed by atoms with van der Waals surface area (Å²) in [4.78, 5) is 0.205. The first kappa shape index (κ1) is 15.4. The molecule has 1 N–H and O–H groups in total. The summed E-state index contributed by atoms with van der Waals surface area (Å²) < 4.78 is 48.6. The van der Waals surface area contributed by atoms with Crippen molar-refractivity contribution < 1.29 is 16.8 Å². The third-order valence-corrected chi connectivity index (χ3v) is 5.84. The first-order valence-corrected chi connectivity index (χ1v) is 9.77. The highest BCUT2D eigenvalue weighted by atomic mass is 32.2. The maximum atomic E-state index is 12.4. The number of sulfonamides is 1. The van der Waals surface area contributed by atoms with E-state index in [9.17, 15) is 16.8 Å². The van der Waals surface area contributed by atoms with Crippen molar-refractivity contribution in [3.05, 3.63) is 29.8 Å². The van der Waals surface area contributed by atoms with Gasteiger partial charge in [0.1, 0.15) is 0 Å². The summed E-state index contributed by atoms with van der Waals surface area (Å²) in [7, 11) is -6.59. The lowest BCUT2D eigenvalue weighted by Crippen LogP contribution is -2.46. The molecule has 0 aromatic heterocycles. The summed E-state index contributed by atoms with van der Waals surface area (Å²) in [6.07, 6.45) is 1.15. The fraction of sp³-hybridized carbons (Fsp3) is 0.500. The lowest BCUT2D eigenvalue weighted by molar-refractivity contribution is 0.360. The SMILES string of the molecule is CS(=O)(=O)Cc1ccc(S(=O)(=O)N2CCNCC2)cc1. The van der Waals surface area contributed by atoms with Gasteiger partial charge in [-0.3, -0.25) is 0 Å². The third kappa shape index (κ3) is 3.78. The first-order chi connectivity index (χ1) is 9.29. The molecule has 0 unspecified atom stereocenters. The molecule has 0 spiro atoms. The fourth-order valence-corrected chi connectivity index (χ4v) is 4.33. The van der Waals surface area contributed by atoms with Crippen LogP contribution in [-0.4, -0.2) is 53.6 Å². The molecule has 1 saturated heterocycles. The number of sulfone groups is 1. The van der Waals surface area contributed by atoms with E-state index in [1.807, 2.05) is 0 Å². The lowest BCUT2D eigenvalue weighted by atomic mass is 10.2. The van der Waals surface area contributed by atoms with E-state index in [1.54, 1.807) is 12.1 Å². The molecule has 1 fully saturated rings. The molecule has 0 bridgehead atoms. The molecule has 1 aliphatic heterocycles. The van der Waals surface area contributed by atoms with Gasteiger partial charge in [0.25, 0.3) is 0 Å². The summed E-state index contributed by atoms with van der Waals surface area (Å²) in [6, 6.07) is 6.04.